The Kier molecular flexibility index (Phi) is 7.20. The topological polar surface area (TPSA) is 18.5 Å². The van der Waals surface area contributed by atoms with Gasteiger partial charge < -0.3 is 15.1 Å². The van der Waals surface area contributed by atoms with E-state index in [2.05, 4.69) is 42.9 Å². The molecule has 0 aromatic carbocycles. The van der Waals surface area contributed by atoms with Crippen LogP contribution in [0, 0.1) is 0 Å². The first kappa shape index (κ1) is 15.9. The zero-order valence-electron chi connectivity index (χ0n) is 13.0. The molecule has 0 spiro atoms. The maximum absolute atomic E-state index is 3.55. The van der Waals surface area contributed by atoms with Crippen LogP contribution in [0.1, 0.15) is 46.5 Å². The lowest BCUT2D eigenvalue weighted by Crippen LogP contribution is -2.36. The van der Waals surface area contributed by atoms with Crippen molar-refractivity contribution in [1.82, 2.24) is 15.1 Å². The molecule has 1 saturated heterocycles. The molecule has 0 aliphatic carbocycles. The summed E-state index contributed by atoms with van der Waals surface area (Å²) >= 11 is 0. The fourth-order valence-electron chi connectivity index (χ4n) is 2.40. The smallest absolute Gasteiger partial charge is 0.0109 e. The summed E-state index contributed by atoms with van der Waals surface area (Å²) in [7, 11) is 2.26. The van der Waals surface area contributed by atoms with Gasteiger partial charge in [0.25, 0.3) is 0 Å². The van der Waals surface area contributed by atoms with Crippen molar-refractivity contribution in [3.8, 4) is 0 Å². The Bertz CT molecular complexity index is 204. The summed E-state index contributed by atoms with van der Waals surface area (Å²) < 4.78 is 0. The number of hydrogen-bond acceptors (Lipinski definition) is 3. The van der Waals surface area contributed by atoms with Gasteiger partial charge in [0.1, 0.15) is 0 Å². The molecular weight excluding hydrogens is 222 g/mol. The van der Waals surface area contributed by atoms with Gasteiger partial charge in [-0.2, -0.15) is 0 Å². The third-order valence-corrected chi connectivity index (χ3v) is 3.62. The molecule has 1 N–H and O–H groups in total. The Labute approximate surface area is 114 Å². The molecule has 18 heavy (non-hydrogen) atoms. The van der Waals surface area contributed by atoms with E-state index in [0.717, 1.165) is 6.54 Å². The molecule has 3 nitrogen and oxygen atoms in total. The van der Waals surface area contributed by atoms with E-state index in [1.165, 1.54) is 58.4 Å². The first-order valence-electron chi connectivity index (χ1n) is 7.63. The van der Waals surface area contributed by atoms with Gasteiger partial charge in [-0.3, -0.25) is 0 Å². The standard InChI is InChI=1S/C15H33N3/c1-15(2,3)16-9-5-6-10-17(4)13-14-18-11-7-8-12-18/h16H,5-14H2,1-4H3. The summed E-state index contributed by atoms with van der Waals surface area (Å²) in [4.78, 5) is 5.08. The maximum atomic E-state index is 3.55. The van der Waals surface area contributed by atoms with E-state index in [1.807, 2.05) is 0 Å². The minimum absolute atomic E-state index is 0.266. The van der Waals surface area contributed by atoms with Gasteiger partial charge in [0.15, 0.2) is 0 Å². The normalized spacial score (nSPS) is 17.8. The van der Waals surface area contributed by atoms with Crippen LogP contribution in [0.4, 0.5) is 0 Å². The van der Waals surface area contributed by atoms with E-state index in [0.29, 0.717) is 0 Å². The Morgan fingerprint density at radius 3 is 2.33 bits per heavy atom. The Morgan fingerprint density at radius 1 is 1.06 bits per heavy atom. The van der Waals surface area contributed by atoms with Crippen LogP contribution in [0.25, 0.3) is 0 Å². The number of nitrogens with zero attached hydrogens (tertiary/aromatic N) is 2. The maximum Gasteiger partial charge on any atom is 0.0109 e. The number of likely N-dealkylation sites (tertiary alicyclic amines) is 1. The minimum atomic E-state index is 0.266. The van der Waals surface area contributed by atoms with Crippen LogP contribution in [0.5, 0.6) is 0 Å². The summed E-state index contributed by atoms with van der Waals surface area (Å²) in [5.74, 6) is 0. The van der Waals surface area contributed by atoms with Crippen molar-refractivity contribution in [2.24, 2.45) is 0 Å². The molecule has 1 rings (SSSR count). The van der Waals surface area contributed by atoms with Crippen molar-refractivity contribution < 1.29 is 0 Å². The van der Waals surface area contributed by atoms with Crippen molar-refractivity contribution in [3.63, 3.8) is 0 Å². The van der Waals surface area contributed by atoms with E-state index in [4.69, 9.17) is 0 Å². The molecule has 1 aliphatic rings. The van der Waals surface area contributed by atoms with Gasteiger partial charge in [0.05, 0.1) is 0 Å². The van der Waals surface area contributed by atoms with Crippen LogP contribution in [0.2, 0.25) is 0 Å². The number of nitrogens with one attached hydrogen (secondary N) is 1. The number of rotatable bonds is 8. The average Bonchev–Trinajstić information content (AvgIpc) is 2.77. The van der Waals surface area contributed by atoms with E-state index in [1.54, 1.807) is 0 Å². The number of likely N-dealkylation sites (N-methyl/N-ethyl adjacent to an activating group) is 1. The van der Waals surface area contributed by atoms with Crippen LogP contribution in [-0.2, 0) is 0 Å². The highest BCUT2D eigenvalue weighted by Gasteiger charge is 2.11. The molecule has 0 amide bonds. The van der Waals surface area contributed by atoms with Crippen molar-refractivity contribution in [2.75, 3.05) is 46.3 Å². The zero-order valence-corrected chi connectivity index (χ0v) is 13.0. The molecule has 1 aliphatic heterocycles. The quantitative estimate of drug-likeness (QED) is 0.671. The van der Waals surface area contributed by atoms with Gasteiger partial charge in [0.2, 0.25) is 0 Å². The molecular formula is C15H33N3. The van der Waals surface area contributed by atoms with Crippen molar-refractivity contribution in [1.29, 1.82) is 0 Å². The fraction of sp³-hybridized carbons (Fsp3) is 1.00. The summed E-state index contributed by atoms with van der Waals surface area (Å²) in [5, 5.41) is 3.55. The molecule has 1 fully saturated rings. The molecule has 0 atom stereocenters. The fourth-order valence-corrected chi connectivity index (χ4v) is 2.40. The lowest BCUT2D eigenvalue weighted by molar-refractivity contribution is 0.253. The van der Waals surface area contributed by atoms with E-state index in [9.17, 15) is 0 Å². The lowest BCUT2D eigenvalue weighted by atomic mass is 10.1. The summed E-state index contributed by atoms with van der Waals surface area (Å²) in [6.07, 6.45) is 5.40. The molecule has 1 heterocycles. The van der Waals surface area contributed by atoms with Crippen LogP contribution < -0.4 is 5.32 Å². The minimum Gasteiger partial charge on any atom is -0.312 e. The van der Waals surface area contributed by atoms with Crippen LogP contribution >= 0.6 is 0 Å². The lowest BCUT2D eigenvalue weighted by Gasteiger charge is -2.22. The highest BCUT2D eigenvalue weighted by Crippen LogP contribution is 2.06. The highest BCUT2D eigenvalue weighted by molar-refractivity contribution is 4.70. The molecule has 3 heteroatoms. The van der Waals surface area contributed by atoms with E-state index >= 15 is 0 Å². The first-order chi connectivity index (χ1) is 8.47. The SMILES string of the molecule is CN(CCCCNC(C)(C)C)CCN1CCCC1. The van der Waals surface area contributed by atoms with Crippen LogP contribution in [-0.4, -0.2) is 61.7 Å². The summed E-state index contributed by atoms with van der Waals surface area (Å²) in [5.41, 5.74) is 0.266. The van der Waals surface area contributed by atoms with Crippen molar-refractivity contribution in [3.05, 3.63) is 0 Å². The van der Waals surface area contributed by atoms with Gasteiger partial charge in [-0.1, -0.05) is 0 Å². The van der Waals surface area contributed by atoms with Crippen LogP contribution in [0.15, 0.2) is 0 Å². The van der Waals surface area contributed by atoms with Gasteiger partial charge in [0, 0.05) is 18.6 Å². The van der Waals surface area contributed by atoms with Gasteiger partial charge in [-0.25, -0.2) is 0 Å². The number of unbranched alkanes of at least 4 members (excludes halogenated alkanes) is 1. The van der Waals surface area contributed by atoms with E-state index in [-0.39, 0.29) is 5.54 Å². The highest BCUT2D eigenvalue weighted by atomic mass is 15.2. The van der Waals surface area contributed by atoms with Crippen molar-refractivity contribution >= 4 is 0 Å². The predicted octanol–water partition coefficient (Wildman–Crippen LogP) is 2.18. The van der Waals surface area contributed by atoms with E-state index < -0.39 is 0 Å². The van der Waals surface area contributed by atoms with Crippen molar-refractivity contribution in [2.45, 2.75) is 52.0 Å². The average molecular weight is 255 g/mol. The third-order valence-electron chi connectivity index (χ3n) is 3.62. The molecule has 0 aromatic heterocycles. The summed E-state index contributed by atoms with van der Waals surface area (Å²) in [6.45, 7) is 14.2. The zero-order chi connectivity index (χ0) is 13.4. The molecule has 108 valence electrons. The largest absolute Gasteiger partial charge is 0.312 e. The number of hydrogen-bond donors (Lipinski definition) is 1. The van der Waals surface area contributed by atoms with Gasteiger partial charge in [-0.15, -0.1) is 0 Å². The van der Waals surface area contributed by atoms with Gasteiger partial charge in [-0.05, 0) is 79.7 Å². The molecule has 0 unspecified atom stereocenters. The second-order valence-corrected chi connectivity index (χ2v) is 6.74. The molecule has 0 radical (unpaired) electrons. The molecule has 0 saturated carbocycles. The summed E-state index contributed by atoms with van der Waals surface area (Å²) in [6, 6.07) is 0. The van der Waals surface area contributed by atoms with Crippen LogP contribution in [0.3, 0.4) is 0 Å². The Hall–Kier alpha value is -0.120. The first-order valence-corrected chi connectivity index (χ1v) is 7.63. The van der Waals surface area contributed by atoms with Gasteiger partial charge >= 0.3 is 0 Å². The monoisotopic (exact) mass is 255 g/mol. The Balaban J connectivity index is 1.91. The third kappa shape index (κ3) is 8.06. The second kappa shape index (κ2) is 8.13. The predicted molar refractivity (Wildman–Crippen MR) is 80.2 cm³/mol. The Morgan fingerprint density at radius 2 is 1.72 bits per heavy atom. The molecule has 0 aromatic rings. The second-order valence-electron chi connectivity index (χ2n) is 6.74. The molecule has 0 bridgehead atoms.